The fourth-order valence-electron chi connectivity index (χ4n) is 1.84. The molecule has 1 aromatic heterocycles. The number of aldehydes is 1. The highest BCUT2D eigenvalue weighted by atomic mass is 79.9. The Hall–Kier alpha value is -1.68. The van der Waals surface area contributed by atoms with Crippen LogP contribution in [0, 0.1) is 13.8 Å². The first-order chi connectivity index (χ1) is 8.56. The van der Waals surface area contributed by atoms with Crippen LogP contribution in [0.3, 0.4) is 0 Å². The number of para-hydroxylation sites is 1. The summed E-state index contributed by atoms with van der Waals surface area (Å²) in [6.45, 7) is 3.63. The third-order valence-corrected chi connectivity index (χ3v) is 3.95. The largest absolute Gasteiger partial charge is 0.298 e. The average Bonchev–Trinajstić information content (AvgIpc) is 2.38. The molecule has 0 amide bonds. The van der Waals surface area contributed by atoms with E-state index in [-0.39, 0.29) is 5.56 Å². The zero-order chi connectivity index (χ0) is 13.3. The van der Waals surface area contributed by atoms with Gasteiger partial charge >= 0.3 is 0 Å². The number of hydrogen-bond acceptors (Lipinski definition) is 2. The second kappa shape index (κ2) is 4.90. The minimum absolute atomic E-state index is 0.123. The molecular formula is C14H12BrNO2. The molecule has 0 atom stereocenters. The van der Waals surface area contributed by atoms with Gasteiger partial charge in [-0.1, -0.05) is 18.2 Å². The highest BCUT2D eigenvalue weighted by Gasteiger charge is 2.11. The molecule has 0 unspecified atom stereocenters. The molecule has 0 saturated carbocycles. The van der Waals surface area contributed by atoms with Crippen molar-refractivity contribution in [2.75, 3.05) is 0 Å². The van der Waals surface area contributed by atoms with Gasteiger partial charge in [-0.05, 0) is 41.4 Å². The maximum Gasteiger partial charge on any atom is 0.259 e. The van der Waals surface area contributed by atoms with Gasteiger partial charge in [-0.2, -0.15) is 0 Å². The second-order valence-corrected chi connectivity index (χ2v) is 4.90. The van der Waals surface area contributed by atoms with Gasteiger partial charge in [0, 0.05) is 21.8 Å². The highest BCUT2D eigenvalue weighted by Crippen LogP contribution is 2.19. The minimum atomic E-state index is -0.123. The summed E-state index contributed by atoms with van der Waals surface area (Å²) >= 11 is 3.27. The Labute approximate surface area is 113 Å². The van der Waals surface area contributed by atoms with E-state index >= 15 is 0 Å². The van der Waals surface area contributed by atoms with Crippen LogP contribution in [-0.4, -0.2) is 10.9 Å². The number of hydrogen-bond donors (Lipinski definition) is 0. The summed E-state index contributed by atoms with van der Waals surface area (Å²) in [6.07, 6.45) is 2.31. The molecule has 2 aromatic rings. The van der Waals surface area contributed by atoms with Gasteiger partial charge in [0.15, 0.2) is 6.29 Å². The predicted molar refractivity (Wildman–Crippen MR) is 74.6 cm³/mol. The molecule has 0 saturated heterocycles. The van der Waals surface area contributed by atoms with Crippen molar-refractivity contribution in [3.63, 3.8) is 0 Å². The zero-order valence-electron chi connectivity index (χ0n) is 10.1. The summed E-state index contributed by atoms with van der Waals surface area (Å²) in [6, 6.07) is 7.57. The van der Waals surface area contributed by atoms with Crippen LogP contribution >= 0.6 is 15.9 Å². The zero-order valence-corrected chi connectivity index (χ0v) is 11.7. The molecule has 3 nitrogen and oxygen atoms in total. The standard InChI is InChI=1S/C14H12BrNO2/c1-9-5-3-4-6-12(9)16-7-11(8-17)13(15)10(2)14(16)18/h3-8H,1-2H3. The molecule has 2 rings (SSSR count). The number of aromatic nitrogens is 1. The van der Waals surface area contributed by atoms with Crippen molar-refractivity contribution in [3.8, 4) is 5.69 Å². The van der Waals surface area contributed by atoms with E-state index in [1.54, 1.807) is 13.1 Å². The Morgan fingerprint density at radius 1 is 1.22 bits per heavy atom. The fraction of sp³-hybridized carbons (Fsp3) is 0.143. The van der Waals surface area contributed by atoms with Gasteiger partial charge in [-0.3, -0.25) is 14.2 Å². The summed E-state index contributed by atoms with van der Waals surface area (Å²) < 4.78 is 2.08. The average molecular weight is 306 g/mol. The maximum absolute atomic E-state index is 12.2. The van der Waals surface area contributed by atoms with Crippen molar-refractivity contribution < 1.29 is 4.79 Å². The fourth-order valence-corrected chi connectivity index (χ4v) is 2.21. The van der Waals surface area contributed by atoms with Crippen molar-refractivity contribution in [1.82, 2.24) is 4.57 Å². The Kier molecular flexibility index (Phi) is 3.48. The van der Waals surface area contributed by atoms with Gasteiger partial charge in [0.2, 0.25) is 0 Å². The van der Waals surface area contributed by atoms with E-state index in [1.165, 1.54) is 4.57 Å². The van der Waals surface area contributed by atoms with E-state index in [0.717, 1.165) is 17.5 Å². The number of aryl methyl sites for hydroxylation is 1. The molecule has 1 heterocycles. The van der Waals surface area contributed by atoms with Crippen LogP contribution in [0.1, 0.15) is 21.5 Å². The number of halogens is 1. The minimum Gasteiger partial charge on any atom is -0.298 e. The van der Waals surface area contributed by atoms with Crippen molar-refractivity contribution in [2.45, 2.75) is 13.8 Å². The molecule has 0 radical (unpaired) electrons. The van der Waals surface area contributed by atoms with Crippen molar-refractivity contribution in [1.29, 1.82) is 0 Å². The van der Waals surface area contributed by atoms with E-state index in [1.807, 2.05) is 31.2 Å². The lowest BCUT2D eigenvalue weighted by molar-refractivity contribution is 0.112. The first-order valence-electron chi connectivity index (χ1n) is 5.49. The molecule has 0 aliphatic rings. The van der Waals surface area contributed by atoms with Crippen LogP contribution in [0.4, 0.5) is 0 Å². The van der Waals surface area contributed by atoms with Crippen LogP contribution in [0.2, 0.25) is 0 Å². The number of rotatable bonds is 2. The molecule has 1 aromatic carbocycles. The van der Waals surface area contributed by atoms with Crippen LogP contribution in [-0.2, 0) is 0 Å². The first-order valence-corrected chi connectivity index (χ1v) is 6.28. The van der Waals surface area contributed by atoms with Gasteiger partial charge in [-0.15, -0.1) is 0 Å². The van der Waals surface area contributed by atoms with Crippen molar-refractivity contribution in [3.05, 3.63) is 62.0 Å². The van der Waals surface area contributed by atoms with Crippen molar-refractivity contribution in [2.24, 2.45) is 0 Å². The smallest absolute Gasteiger partial charge is 0.259 e. The molecule has 0 N–H and O–H groups in total. The Bertz CT molecular complexity index is 674. The van der Waals surface area contributed by atoms with Gasteiger partial charge in [0.25, 0.3) is 5.56 Å². The first kappa shape index (κ1) is 12.8. The lowest BCUT2D eigenvalue weighted by Gasteiger charge is -2.12. The summed E-state index contributed by atoms with van der Waals surface area (Å²) in [5.41, 5.74) is 2.65. The van der Waals surface area contributed by atoms with Crippen LogP contribution < -0.4 is 5.56 Å². The van der Waals surface area contributed by atoms with E-state index in [2.05, 4.69) is 15.9 Å². The Morgan fingerprint density at radius 3 is 2.50 bits per heavy atom. The number of nitrogens with zero attached hydrogens (tertiary/aromatic N) is 1. The van der Waals surface area contributed by atoms with Gasteiger partial charge in [0.1, 0.15) is 0 Å². The van der Waals surface area contributed by atoms with E-state index in [4.69, 9.17) is 0 Å². The number of pyridine rings is 1. The molecule has 0 aliphatic heterocycles. The van der Waals surface area contributed by atoms with Gasteiger partial charge in [0.05, 0.1) is 5.69 Å². The van der Waals surface area contributed by atoms with Crippen LogP contribution in [0.15, 0.2) is 39.7 Å². The third-order valence-electron chi connectivity index (χ3n) is 2.89. The van der Waals surface area contributed by atoms with Gasteiger partial charge in [-0.25, -0.2) is 0 Å². The lowest BCUT2D eigenvalue weighted by Crippen LogP contribution is -2.22. The summed E-state index contributed by atoms with van der Waals surface area (Å²) in [7, 11) is 0. The quantitative estimate of drug-likeness (QED) is 0.800. The Morgan fingerprint density at radius 2 is 1.89 bits per heavy atom. The van der Waals surface area contributed by atoms with Crippen LogP contribution in [0.5, 0.6) is 0 Å². The summed E-state index contributed by atoms with van der Waals surface area (Å²) in [5.74, 6) is 0. The van der Waals surface area contributed by atoms with E-state index in [9.17, 15) is 9.59 Å². The Balaban J connectivity index is 2.81. The molecule has 0 aliphatic carbocycles. The highest BCUT2D eigenvalue weighted by molar-refractivity contribution is 9.10. The third kappa shape index (κ3) is 2.04. The number of carbonyl (C=O) groups excluding carboxylic acids is 1. The number of carbonyl (C=O) groups is 1. The van der Waals surface area contributed by atoms with Crippen molar-refractivity contribution >= 4 is 22.2 Å². The second-order valence-electron chi connectivity index (χ2n) is 4.10. The monoisotopic (exact) mass is 305 g/mol. The lowest BCUT2D eigenvalue weighted by atomic mass is 10.1. The van der Waals surface area contributed by atoms with Gasteiger partial charge < -0.3 is 0 Å². The molecule has 0 bridgehead atoms. The predicted octanol–water partition coefficient (Wildman–Crippen LogP) is 3.03. The summed E-state index contributed by atoms with van der Waals surface area (Å²) in [5, 5.41) is 0. The normalized spacial score (nSPS) is 10.4. The molecule has 0 spiro atoms. The van der Waals surface area contributed by atoms with E-state index < -0.39 is 0 Å². The van der Waals surface area contributed by atoms with E-state index in [0.29, 0.717) is 15.6 Å². The number of benzene rings is 1. The van der Waals surface area contributed by atoms with Crippen LogP contribution in [0.25, 0.3) is 5.69 Å². The maximum atomic E-state index is 12.2. The molecule has 18 heavy (non-hydrogen) atoms. The molecule has 4 heteroatoms. The topological polar surface area (TPSA) is 39.1 Å². The SMILES string of the molecule is Cc1ccccc1-n1cc(C=O)c(Br)c(C)c1=O. The molecule has 92 valence electrons. The molecular weight excluding hydrogens is 294 g/mol. The summed E-state index contributed by atoms with van der Waals surface area (Å²) in [4.78, 5) is 23.2. The molecule has 0 fully saturated rings.